The van der Waals surface area contributed by atoms with E-state index in [2.05, 4.69) is 16.4 Å². The van der Waals surface area contributed by atoms with Crippen LogP contribution in [0.15, 0.2) is 42.6 Å². The average molecular weight is 375 g/mol. The van der Waals surface area contributed by atoms with Crippen molar-refractivity contribution in [2.75, 3.05) is 25.0 Å². The van der Waals surface area contributed by atoms with Crippen LogP contribution in [0.5, 0.6) is 5.75 Å². The van der Waals surface area contributed by atoms with Crippen molar-refractivity contribution in [2.45, 2.75) is 18.8 Å². The highest BCUT2D eigenvalue weighted by Crippen LogP contribution is 2.41. The first-order valence-corrected chi connectivity index (χ1v) is 9.65. The van der Waals surface area contributed by atoms with Crippen LogP contribution in [-0.4, -0.2) is 41.4 Å². The van der Waals surface area contributed by atoms with E-state index in [1.165, 1.54) is 5.56 Å². The molecule has 3 aliphatic heterocycles. The van der Waals surface area contributed by atoms with Crippen molar-refractivity contribution in [3.63, 3.8) is 0 Å². The fourth-order valence-electron chi connectivity index (χ4n) is 4.16. The van der Waals surface area contributed by atoms with E-state index in [-0.39, 0.29) is 11.8 Å². The Labute approximate surface area is 163 Å². The van der Waals surface area contributed by atoms with E-state index in [1.807, 2.05) is 29.2 Å². The van der Waals surface area contributed by atoms with Crippen molar-refractivity contribution >= 4 is 23.7 Å². The van der Waals surface area contributed by atoms with Crippen LogP contribution in [0.2, 0.25) is 0 Å². The van der Waals surface area contributed by atoms with E-state index in [0.29, 0.717) is 37.1 Å². The predicted molar refractivity (Wildman–Crippen MR) is 105 cm³/mol. The molecule has 1 N–H and O–H groups in total. The number of carbonyl (C=O) groups is 2. The third-order valence-corrected chi connectivity index (χ3v) is 5.81. The second-order valence-corrected chi connectivity index (χ2v) is 7.62. The molecule has 0 aliphatic carbocycles. The van der Waals surface area contributed by atoms with Crippen molar-refractivity contribution in [2.24, 2.45) is 5.92 Å². The van der Waals surface area contributed by atoms with Gasteiger partial charge in [0.1, 0.15) is 11.6 Å². The Kier molecular flexibility index (Phi) is 4.11. The summed E-state index contributed by atoms with van der Waals surface area (Å²) < 4.78 is 5.77. The molecule has 2 aromatic rings. The lowest BCUT2D eigenvalue weighted by molar-refractivity contribution is -0.132. The molecule has 6 heteroatoms. The van der Waals surface area contributed by atoms with Crippen molar-refractivity contribution in [3.05, 3.63) is 59.3 Å². The monoisotopic (exact) mass is 375 g/mol. The van der Waals surface area contributed by atoms with Crippen LogP contribution in [0.4, 0.5) is 5.82 Å². The summed E-state index contributed by atoms with van der Waals surface area (Å²) in [5, 5.41) is 2.77. The summed E-state index contributed by atoms with van der Waals surface area (Å²) in [5.41, 5.74) is 3.15. The number of anilines is 1. The van der Waals surface area contributed by atoms with Gasteiger partial charge in [-0.05, 0) is 35.8 Å². The number of hydrogen-bond donors (Lipinski definition) is 1. The van der Waals surface area contributed by atoms with Crippen molar-refractivity contribution < 1.29 is 14.3 Å². The standard InChI is InChI=1S/C22H21N3O3/c26-20-7-6-15-9-14(10-23-22(15)24-20)5-8-21(27)25-11-16(12-25)18-13-28-19-4-2-1-3-17(18)19/h1-5,8-10,16,18H,6-7,11-13H2,(H,23,24,26)/b8-5+. The molecule has 1 aromatic heterocycles. The van der Waals surface area contributed by atoms with Crippen LogP contribution in [0.1, 0.15) is 29.0 Å². The van der Waals surface area contributed by atoms with Gasteiger partial charge in [-0.25, -0.2) is 4.98 Å². The fourth-order valence-corrected chi connectivity index (χ4v) is 4.16. The Morgan fingerprint density at radius 1 is 1.25 bits per heavy atom. The molecule has 1 unspecified atom stereocenters. The summed E-state index contributed by atoms with van der Waals surface area (Å²) in [6, 6.07) is 10.2. The van der Waals surface area contributed by atoms with E-state index in [1.54, 1.807) is 18.3 Å². The zero-order chi connectivity index (χ0) is 19.1. The molecule has 6 nitrogen and oxygen atoms in total. The molecule has 1 fully saturated rings. The van der Waals surface area contributed by atoms with E-state index in [0.717, 1.165) is 30.0 Å². The van der Waals surface area contributed by atoms with E-state index >= 15 is 0 Å². The number of ether oxygens (including phenoxy) is 1. The van der Waals surface area contributed by atoms with Gasteiger partial charge < -0.3 is 15.0 Å². The van der Waals surface area contributed by atoms with Gasteiger partial charge in [-0.15, -0.1) is 0 Å². The Bertz CT molecular complexity index is 979. The summed E-state index contributed by atoms with van der Waals surface area (Å²) in [6.07, 6.45) is 6.25. The molecule has 4 heterocycles. The summed E-state index contributed by atoms with van der Waals surface area (Å²) in [4.78, 5) is 30.0. The largest absolute Gasteiger partial charge is 0.493 e. The summed E-state index contributed by atoms with van der Waals surface area (Å²) in [7, 11) is 0. The number of amides is 2. The zero-order valence-electron chi connectivity index (χ0n) is 15.4. The van der Waals surface area contributed by atoms with Gasteiger partial charge in [0.25, 0.3) is 0 Å². The Hall–Kier alpha value is -3.15. The highest BCUT2D eigenvalue weighted by atomic mass is 16.5. The lowest BCUT2D eigenvalue weighted by Gasteiger charge is -2.41. The van der Waals surface area contributed by atoms with E-state index < -0.39 is 0 Å². The van der Waals surface area contributed by atoms with Gasteiger partial charge in [0, 0.05) is 49.2 Å². The number of pyridine rings is 1. The number of fused-ring (bicyclic) bond motifs is 2. The van der Waals surface area contributed by atoms with Gasteiger partial charge in [0.2, 0.25) is 11.8 Å². The Balaban J connectivity index is 1.19. The molecule has 142 valence electrons. The number of aryl methyl sites for hydroxylation is 1. The second-order valence-electron chi connectivity index (χ2n) is 7.62. The zero-order valence-corrected chi connectivity index (χ0v) is 15.4. The molecular weight excluding hydrogens is 354 g/mol. The number of para-hydroxylation sites is 1. The molecule has 0 radical (unpaired) electrons. The van der Waals surface area contributed by atoms with Crippen molar-refractivity contribution in [1.82, 2.24) is 9.88 Å². The summed E-state index contributed by atoms with van der Waals surface area (Å²) in [5.74, 6) is 2.47. The van der Waals surface area contributed by atoms with Crippen LogP contribution < -0.4 is 10.1 Å². The maximum absolute atomic E-state index is 12.5. The highest BCUT2D eigenvalue weighted by Gasteiger charge is 2.39. The lowest BCUT2D eigenvalue weighted by atomic mass is 9.82. The number of rotatable bonds is 3. The first kappa shape index (κ1) is 17.0. The third-order valence-electron chi connectivity index (χ3n) is 5.81. The first-order valence-electron chi connectivity index (χ1n) is 9.65. The van der Waals surface area contributed by atoms with E-state index in [9.17, 15) is 9.59 Å². The fraction of sp³-hybridized carbons (Fsp3) is 0.318. The van der Waals surface area contributed by atoms with Gasteiger partial charge in [-0.2, -0.15) is 0 Å². The average Bonchev–Trinajstić information content (AvgIpc) is 3.09. The number of benzene rings is 1. The molecule has 0 bridgehead atoms. The molecule has 0 spiro atoms. The molecule has 1 saturated heterocycles. The van der Waals surface area contributed by atoms with Gasteiger partial charge in [-0.1, -0.05) is 18.2 Å². The van der Waals surface area contributed by atoms with Gasteiger partial charge in [-0.3, -0.25) is 9.59 Å². The smallest absolute Gasteiger partial charge is 0.246 e. The Morgan fingerprint density at radius 2 is 2.11 bits per heavy atom. The van der Waals surface area contributed by atoms with Crippen LogP contribution in [0, 0.1) is 5.92 Å². The highest BCUT2D eigenvalue weighted by molar-refractivity contribution is 5.94. The number of nitrogens with one attached hydrogen (secondary N) is 1. The van der Waals surface area contributed by atoms with Crippen LogP contribution in [-0.2, 0) is 16.0 Å². The Morgan fingerprint density at radius 3 is 3.00 bits per heavy atom. The number of likely N-dealkylation sites (tertiary alicyclic amines) is 1. The number of hydrogen-bond acceptors (Lipinski definition) is 4. The third kappa shape index (κ3) is 3.05. The number of carbonyl (C=O) groups excluding carboxylic acids is 2. The predicted octanol–water partition coefficient (Wildman–Crippen LogP) is 2.61. The maximum atomic E-state index is 12.5. The molecule has 1 aromatic carbocycles. The van der Waals surface area contributed by atoms with Crippen molar-refractivity contribution in [3.8, 4) is 5.75 Å². The molecule has 2 amide bonds. The first-order chi connectivity index (χ1) is 13.7. The number of nitrogens with zero attached hydrogens (tertiary/aromatic N) is 2. The molecule has 0 saturated carbocycles. The lowest BCUT2D eigenvalue weighted by Crippen LogP contribution is -2.51. The molecule has 1 atom stereocenters. The second kappa shape index (κ2) is 6.78. The van der Waals surface area contributed by atoms with Gasteiger partial charge in [0.15, 0.2) is 0 Å². The van der Waals surface area contributed by atoms with E-state index in [4.69, 9.17) is 4.74 Å². The van der Waals surface area contributed by atoms with Crippen LogP contribution in [0.25, 0.3) is 6.08 Å². The quantitative estimate of drug-likeness (QED) is 0.837. The minimum Gasteiger partial charge on any atom is -0.493 e. The number of aromatic nitrogens is 1. The maximum Gasteiger partial charge on any atom is 0.246 e. The normalized spacial score (nSPS) is 20.9. The summed E-state index contributed by atoms with van der Waals surface area (Å²) in [6.45, 7) is 2.24. The van der Waals surface area contributed by atoms with Crippen LogP contribution in [0.3, 0.4) is 0 Å². The van der Waals surface area contributed by atoms with Crippen LogP contribution >= 0.6 is 0 Å². The molecule has 5 rings (SSSR count). The van der Waals surface area contributed by atoms with Gasteiger partial charge in [0.05, 0.1) is 6.61 Å². The molecule has 3 aliphatic rings. The molecule has 28 heavy (non-hydrogen) atoms. The SMILES string of the molecule is O=C1CCc2cc(/C=C/C(=O)N3CC(C4COc5ccccc54)C3)cnc2N1. The van der Waals surface area contributed by atoms with Gasteiger partial charge >= 0.3 is 0 Å². The van der Waals surface area contributed by atoms with Crippen molar-refractivity contribution in [1.29, 1.82) is 0 Å². The molecular formula is C22H21N3O3. The topological polar surface area (TPSA) is 71.5 Å². The summed E-state index contributed by atoms with van der Waals surface area (Å²) >= 11 is 0. The minimum absolute atomic E-state index is 0.00101. The minimum atomic E-state index is 0.00101.